The summed E-state index contributed by atoms with van der Waals surface area (Å²) in [4.78, 5) is 4.47. The smallest absolute Gasteiger partial charge is 0.258 e. The molecule has 3 aromatic rings. The van der Waals surface area contributed by atoms with Gasteiger partial charge in [0.2, 0.25) is 5.82 Å². The van der Waals surface area contributed by atoms with Crippen LogP contribution in [-0.2, 0) is 6.42 Å². The number of hydrogen-bond acceptors (Lipinski definition) is 5. The van der Waals surface area contributed by atoms with E-state index in [0.29, 0.717) is 11.7 Å². The van der Waals surface area contributed by atoms with E-state index >= 15 is 0 Å². The maximum atomic E-state index is 5.41. The Labute approximate surface area is 115 Å². The fourth-order valence-corrected chi connectivity index (χ4v) is 2.55. The number of furan rings is 1. The van der Waals surface area contributed by atoms with Crippen LogP contribution in [-0.4, -0.2) is 16.7 Å². The van der Waals surface area contributed by atoms with Crippen molar-refractivity contribution >= 4 is 5.69 Å². The van der Waals surface area contributed by atoms with Gasteiger partial charge in [-0.25, -0.2) is 0 Å². The van der Waals surface area contributed by atoms with Crippen LogP contribution in [0.25, 0.3) is 22.8 Å². The fourth-order valence-electron chi connectivity index (χ4n) is 2.55. The van der Waals surface area contributed by atoms with Gasteiger partial charge in [-0.3, -0.25) is 0 Å². The van der Waals surface area contributed by atoms with Crippen LogP contribution in [0.2, 0.25) is 0 Å². The van der Waals surface area contributed by atoms with Gasteiger partial charge in [0.05, 0.1) is 11.8 Å². The normalized spacial score (nSPS) is 13.8. The Kier molecular flexibility index (Phi) is 2.55. The van der Waals surface area contributed by atoms with Gasteiger partial charge in [0.25, 0.3) is 5.89 Å². The van der Waals surface area contributed by atoms with Crippen molar-refractivity contribution in [3.05, 3.63) is 42.4 Å². The molecule has 4 rings (SSSR count). The molecule has 20 heavy (non-hydrogen) atoms. The number of anilines is 1. The van der Waals surface area contributed by atoms with Crippen LogP contribution in [0, 0.1) is 0 Å². The third-order valence-electron chi connectivity index (χ3n) is 3.53. The zero-order valence-corrected chi connectivity index (χ0v) is 10.8. The molecule has 100 valence electrons. The first kappa shape index (κ1) is 11.3. The SMILES string of the molecule is c1cc2c(c(-c3nc(-c4ccoc4)no3)c1)CCCN2. The first-order valence-electron chi connectivity index (χ1n) is 6.64. The van der Waals surface area contributed by atoms with Crippen LogP contribution < -0.4 is 5.32 Å². The molecule has 0 bridgehead atoms. The lowest BCUT2D eigenvalue weighted by Crippen LogP contribution is -2.12. The van der Waals surface area contributed by atoms with Crippen molar-refractivity contribution in [1.29, 1.82) is 0 Å². The number of fused-ring (bicyclic) bond motifs is 1. The van der Waals surface area contributed by atoms with Gasteiger partial charge in [0.1, 0.15) is 6.26 Å². The molecule has 0 fully saturated rings. The average molecular weight is 267 g/mol. The summed E-state index contributed by atoms with van der Waals surface area (Å²) in [6.07, 6.45) is 5.35. The molecule has 0 spiro atoms. The van der Waals surface area contributed by atoms with Crippen LogP contribution in [0.4, 0.5) is 5.69 Å². The molecule has 5 heteroatoms. The van der Waals surface area contributed by atoms with Crippen LogP contribution in [0.5, 0.6) is 0 Å². The predicted octanol–water partition coefficient (Wildman–Crippen LogP) is 3.35. The first-order chi connectivity index (χ1) is 9.92. The molecule has 0 saturated carbocycles. The summed E-state index contributed by atoms with van der Waals surface area (Å²) >= 11 is 0. The number of hydrogen-bond donors (Lipinski definition) is 1. The van der Waals surface area contributed by atoms with Gasteiger partial charge in [-0.05, 0) is 36.6 Å². The molecular weight excluding hydrogens is 254 g/mol. The highest BCUT2D eigenvalue weighted by Crippen LogP contribution is 2.32. The summed E-state index contributed by atoms with van der Waals surface area (Å²) in [6, 6.07) is 7.94. The maximum absolute atomic E-state index is 5.41. The van der Waals surface area contributed by atoms with Crippen molar-refractivity contribution in [3.63, 3.8) is 0 Å². The molecule has 0 amide bonds. The molecule has 0 aliphatic carbocycles. The molecule has 0 atom stereocenters. The van der Waals surface area contributed by atoms with Gasteiger partial charge < -0.3 is 14.3 Å². The second kappa shape index (κ2) is 4.52. The Bertz CT molecular complexity index is 731. The summed E-state index contributed by atoms with van der Waals surface area (Å²) in [6.45, 7) is 1.01. The summed E-state index contributed by atoms with van der Waals surface area (Å²) < 4.78 is 10.5. The van der Waals surface area contributed by atoms with Gasteiger partial charge in [-0.15, -0.1) is 0 Å². The Morgan fingerprint density at radius 2 is 2.20 bits per heavy atom. The van der Waals surface area contributed by atoms with Crippen molar-refractivity contribution in [2.75, 3.05) is 11.9 Å². The largest absolute Gasteiger partial charge is 0.472 e. The third-order valence-corrected chi connectivity index (χ3v) is 3.53. The van der Waals surface area contributed by atoms with Crippen LogP contribution in [0.15, 0.2) is 45.7 Å². The van der Waals surface area contributed by atoms with E-state index in [2.05, 4.69) is 21.5 Å². The summed E-state index contributed by atoms with van der Waals surface area (Å²) in [5.41, 5.74) is 4.25. The second-order valence-electron chi connectivity index (χ2n) is 4.80. The van der Waals surface area contributed by atoms with E-state index in [-0.39, 0.29) is 0 Å². The Balaban J connectivity index is 1.78. The Hall–Kier alpha value is -2.56. The van der Waals surface area contributed by atoms with Crippen molar-refractivity contribution in [2.45, 2.75) is 12.8 Å². The lowest BCUT2D eigenvalue weighted by molar-refractivity contribution is 0.431. The first-order valence-corrected chi connectivity index (χ1v) is 6.64. The monoisotopic (exact) mass is 267 g/mol. The van der Waals surface area contributed by atoms with Crippen LogP contribution >= 0.6 is 0 Å². The molecule has 3 heterocycles. The lowest BCUT2D eigenvalue weighted by Gasteiger charge is -2.19. The molecule has 1 aliphatic heterocycles. The molecule has 1 aromatic carbocycles. The molecular formula is C15H13N3O2. The van der Waals surface area contributed by atoms with Crippen molar-refractivity contribution in [2.24, 2.45) is 0 Å². The van der Waals surface area contributed by atoms with Crippen molar-refractivity contribution < 1.29 is 8.94 Å². The number of nitrogens with zero attached hydrogens (tertiary/aromatic N) is 2. The van der Waals surface area contributed by atoms with E-state index in [9.17, 15) is 0 Å². The number of aromatic nitrogens is 2. The van der Waals surface area contributed by atoms with Crippen LogP contribution in [0.3, 0.4) is 0 Å². The van der Waals surface area contributed by atoms with Crippen LogP contribution in [0.1, 0.15) is 12.0 Å². The highest BCUT2D eigenvalue weighted by atomic mass is 16.5. The Morgan fingerprint density at radius 1 is 1.20 bits per heavy atom. The molecule has 1 N–H and O–H groups in total. The molecule has 0 radical (unpaired) electrons. The standard InChI is InChI=1S/C15H13N3O2/c1-3-12(11-4-2-7-16-13(11)5-1)15-17-14(18-20-15)10-6-8-19-9-10/h1,3,5-6,8-9,16H,2,4,7H2. The lowest BCUT2D eigenvalue weighted by atomic mass is 9.97. The quantitative estimate of drug-likeness (QED) is 0.771. The van der Waals surface area contributed by atoms with E-state index < -0.39 is 0 Å². The van der Waals surface area contributed by atoms with Gasteiger partial charge >= 0.3 is 0 Å². The fraction of sp³-hybridized carbons (Fsp3) is 0.200. The topological polar surface area (TPSA) is 64.1 Å². The van der Waals surface area contributed by atoms with Gasteiger partial charge in [0, 0.05) is 17.8 Å². The van der Waals surface area contributed by atoms with E-state index in [0.717, 1.165) is 36.2 Å². The molecule has 1 aliphatic rings. The highest BCUT2D eigenvalue weighted by Gasteiger charge is 2.18. The molecule has 0 unspecified atom stereocenters. The molecule has 0 saturated heterocycles. The van der Waals surface area contributed by atoms with Crippen molar-refractivity contribution in [1.82, 2.24) is 10.1 Å². The summed E-state index contributed by atoms with van der Waals surface area (Å²) in [5.74, 6) is 1.11. The second-order valence-corrected chi connectivity index (χ2v) is 4.80. The summed E-state index contributed by atoms with van der Waals surface area (Å²) in [5, 5.41) is 7.42. The Morgan fingerprint density at radius 3 is 3.10 bits per heavy atom. The minimum absolute atomic E-state index is 0.551. The maximum Gasteiger partial charge on any atom is 0.258 e. The number of benzene rings is 1. The minimum Gasteiger partial charge on any atom is -0.472 e. The van der Waals surface area contributed by atoms with Gasteiger partial charge in [-0.2, -0.15) is 4.98 Å². The van der Waals surface area contributed by atoms with E-state index in [4.69, 9.17) is 8.94 Å². The van der Waals surface area contributed by atoms with Crippen molar-refractivity contribution in [3.8, 4) is 22.8 Å². The zero-order valence-electron chi connectivity index (χ0n) is 10.8. The number of rotatable bonds is 2. The molecule has 5 nitrogen and oxygen atoms in total. The van der Waals surface area contributed by atoms with E-state index in [1.54, 1.807) is 12.5 Å². The average Bonchev–Trinajstić information content (AvgIpc) is 3.17. The third kappa shape index (κ3) is 1.79. The zero-order chi connectivity index (χ0) is 13.4. The minimum atomic E-state index is 0.551. The van der Waals surface area contributed by atoms with Gasteiger partial charge in [0.15, 0.2) is 0 Å². The van der Waals surface area contributed by atoms with E-state index in [1.165, 1.54) is 5.56 Å². The van der Waals surface area contributed by atoms with Gasteiger partial charge in [-0.1, -0.05) is 11.2 Å². The number of nitrogens with one attached hydrogen (secondary N) is 1. The molecule has 2 aromatic heterocycles. The predicted molar refractivity (Wildman–Crippen MR) is 74.2 cm³/mol. The highest BCUT2D eigenvalue weighted by molar-refractivity contribution is 5.70. The summed E-state index contributed by atoms with van der Waals surface area (Å²) in [7, 11) is 0. The van der Waals surface area contributed by atoms with E-state index in [1.807, 2.05) is 18.2 Å².